The summed E-state index contributed by atoms with van der Waals surface area (Å²) < 4.78 is 0. The van der Waals surface area contributed by atoms with Gasteiger partial charge in [-0.25, -0.2) is 4.79 Å². The minimum Gasteiger partial charge on any atom is -0.508 e. The third-order valence-electron chi connectivity index (χ3n) is 2.60. The number of hydrogen-bond acceptors (Lipinski definition) is 3. The summed E-state index contributed by atoms with van der Waals surface area (Å²) in [5.41, 5.74) is 0.960. The van der Waals surface area contributed by atoms with Crippen molar-refractivity contribution in [2.45, 2.75) is 6.10 Å². The van der Waals surface area contributed by atoms with Crippen molar-refractivity contribution in [1.82, 2.24) is 0 Å². The van der Waals surface area contributed by atoms with E-state index in [9.17, 15) is 15.0 Å². The maximum absolute atomic E-state index is 11.0. The van der Waals surface area contributed by atoms with Crippen molar-refractivity contribution in [3.63, 3.8) is 0 Å². The fourth-order valence-corrected chi connectivity index (χ4v) is 1.79. The van der Waals surface area contributed by atoms with Gasteiger partial charge < -0.3 is 15.3 Å². The molecule has 0 saturated heterocycles. The summed E-state index contributed by atoms with van der Waals surface area (Å²) in [6.07, 6.45) is -1.35. The van der Waals surface area contributed by atoms with Crippen LogP contribution in [0.3, 0.4) is 0 Å². The minimum absolute atomic E-state index is 0.268. The highest BCUT2D eigenvalue weighted by Crippen LogP contribution is 2.36. The van der Waals surface area contributed by atoms with Crippen LogP contribution in [0.4, 0.5) is 0 Å². The Balaban J connectivity index is 2.76. The largest absolute Gasteiger partial charge is 0.508 e. The number of fused-ring (bicyclic) bond motifs is 1. The van der Waals surface area contributed by atoms with Crippen LogP contribution in [0, 0.1) is 0 Å². The Morgan fingerprint density at radius 3 is 2.38 bits per heavy atom. The lowest BCUT2D eigenvalue weighted by Gasteiger charge is -2.24. The number of benzene rings is 1. The zero-order valence-corrected chi connectivity index (χ0v) is 8.34. The number of aliphatic carboxylic acids is 1. The molecular formula is C12H10O4. The van der Waals surface area contributed by atoms with Crippen molar-refractivity contribution < 1.29 is 20.1 Å². The summed E-state index contributed by atoms with van der Waals surface area (Å²) in [7, 11) is 0. The van der Waals surface area contributed by atoms with Crippen LogP contribution >= 0.6 is 0 Å². The van der Waals surface area contributed by atoms with Crippen LogP contribution in [0.25, 0.3) is 11.1 Å². The van der Waals surface area contributed by atoms with Gasteiger partial charge in [0, 0.05) is 5.56 Å². The van der Waals surface area contributed by atoms with E-state index >= 15 is 0 Å². The van der Waals surface area contributed by atoms with Gasteiger partial charge in [-0.05, 0) is 11.1 Å². The molecule has 1 aromatic carbocycles. The van der Waals surface area contributed by atoms with E-state index in [4.69, 9.17) is 5.11 Å². The number of carboxylic acid groups (broad SMARTS) is 1. The Labute approximate surface area is 91.8 Å². The molecule has 1 atom stereocenters. The van der Waals surface area contributed by atoms with Crippen LogP contribution in [0.2, 0.25) is 0 Å². The molecule has 0 spiro atoms. The first-order valence-electron chi connectivity index (χ1n) is 4.67. The topological polar surface area (TPSA) is 77.8 Å². The van der Waals surface area contributed by atoms with Gasteiger partial charge in [0.1, 0.15) is 17.4 Å². The smallest absolute Gasteiger partial charge is 0.339 e. The van der Waals surface area contributed by atoms with Crippen molar-refractivity contribution in [2.24, 2.45) is 0 Å². The van der Waals surface area contributed by atoms with E-state index in [2.05, 4.69) is 6.58 Å². The van der Waals surface area contributed by atoms with Gasteiger partial charge in [-0.3, -0.25) is 0 Å². The molecule has 0 bridgehead atoms. The lowest BCUT2D eigenvalue weighted by molar-refractivity contribution is -0.130. The lowest BCUT2D eigenvalue weighted by atomic mass is 9.85. The normalized spacial score (nSPS) is 19.6. The maximum atomic E-state index is 11.0. The average Bonchev–Trinajstić information content (AvgIpc) is 2.26. The van der Waals surface area contributed by atoms with Gasteiger partial charge in [0.2, 0.25) is 0 Å². The summed E-state index contributed by atoms with van der Waals surface area (Å²) in [6.45, 7) is 3.64. The molecule has 4 nitrogen and oxygen atoms in total. The molecule has 82 valence electrons. The third kappa shape index (κ3) is 1.31. The molecule has 1 aromatic rings. The average molecular weight is 218 g/mol. The van der Waals surface area contributed by atoms with Crippen molar-refractivity contribution in [3.05, 3.63) is 47.7 Å². The number of hydrogen-bond donors (Lipinski definition) is 3. The van der Waals surface area contributed by atoms with E-state index < -0.39 is 17.8 Å². The molecular weight excluding hydrogens is 208 g/mol. The summed E-state index contributed by atoms with van der Waals surface area (Å²) in [5.74, 6) is -1.83. The van der Waals surface area contributed by atoms with Crippen LogP contribution < -0.4 is 0 Å². The number of rotatable bonds is 1. The zero-order valence-electron chi connectivity index (χ0n) is 8.34. The van der Waals surface area contributed by atoms with E-state index in [1.807, 2.05) is 0 Å². The predicted molar refractivity (Wildman–Crippen MR) is 58.7 cm³/mol. The molecule has 0 aliphatic heterocycles. The van der Waals surface area contributed by atoms with Gasteiger partial charge in [-0.15, -0.1) is 0 Å². The molecule has 0 amide bonds. The fraction of sp³-hybridized carbons (Fsp3) is 0.0833. The second-order valence-corrected chi connectivity index (χ2v) is 3.54. The second-order valence-electron chi connectivity index (χ2n) is 3.54. The molecule has 1 unspecified atom stereocenters. The summed E-state index contributed by atoms with van der Waals surface area (Å²) in [6, 6.07) is 6.63. The first-order chi connectivity index (χ1) is 7.54. The molecule has 0 saturated carbocycles. The third-order valence-corrected chi connectivity index (χ3v) is 2.60. The molecule has 3 N–H and O–H groups in total. The van der Waals surface area contributed by atoms with Gasteiger partial charge in [0.05, 0.1) is 0 Å². The molecule has 1 aliphatic rings. The van der Waals surface area contributed by atoms with Crippen molar-refractivity contribution >= 4 is 17.1 Å². The zero-order chi connectivity index (χ0) is 11.9. The number of carboxylic acids is 1. The predicted octanol–water partition coefficient (Wildman–Crippen LogP) is 1.43. The van der Waals surface area contributed by atoms with Gasteiger partial charge in [0.25, 0.3) is 0 Å². The number of carbonyl (C=O) groups is 1. The number of aliphatic hydroxyl groups is 2. The van der Waals surface area contributed by atoms with Gasteiger partial charge >= 0.3 is 5.97 Å². The van der Waals surface area contributed by atoms with Gasteiger partial charge in [0.15, 0.2) is 0 Å². The Hall–Kier alpha value is -2.07. The van der Waals surface area contributed by atoms with Crippen LogP contribution in [-0.2, 0) is 4.79 Å². The monoisotopic (exact) mass is 218 g/mol. The van der Waals surface area contributed by atoms with E-state index in [1.54, 1.807) is 24.3 Å². The molecule has 4 heteroatoms. The van der Waals surface area contributed by atoms with Gasteiger partial charge in [-0.2, -0.15) is 0 Å². The van der Waals surface area contributed by atoms with Crippen molar-refractivity contribution in [3.8, 4) is 0 Å². The van der Waals surface area contributed by atoms with E-state index in [0.717, 1.165) is 0 Å². The van der Waals surface area contributed by atoms with Crippen LogP contribution in [0.1, 0.15) is 11.1 Å². The van der Waals surface area contributed by atoms with Crippen molar-refractivity contribution in [1.29, 1.82) is 0 Å². The molecule has 0 radical (unpaired) electrons. The van der Waals surface area contributed by atoms with Crippen LogP contribution in [0.5, 0.6) is 0 Å². The molecule has 0 aromatic heterocycles. The first kappa shape index (κ1) is 10.4. The molecule has 16 heavy (non-hydrogen) atoms. The molecule has 2 rings (SSSR count). The Morgan fingerprint density at radius 1 is 1.25 bits per heavy atom. The highest BCUT2D eigenvalue weighted by atomic mass is 16.4. The minimum atomic E-state index is -1.35. The Morgan fingerprint density at radius 2 is 1.81 bits per heavy atom. The number of aliphatic hydroxyl groups excluding tert-OH is 2. The first-order valence-corrected chi connectivity index (χ1v) is 4.67. The SMILES string of the molecule is C=C1c2ccccc2C(C(=O)O)=C(O)C1O. The Kier molecular flexibility index (Phi) is 2.29. The quantitative estimate of drug-likeness (QED) is 0.666. The molecule has 0 fully saturated rings. The highest BCUT2D eigenvalue weighted by molar-refractivity contribution is 6.19. The van der Waals surface area contributed by atoms with Crippen LogP contribution in [0.15, 0.2) is 36.6 Å². The van der Waals surface area contributed by atoms with Crippen LogP contribution in [-0.4, -0.2) is 27.4 Å². The fourth-order valence-electron chi connectivity index (χ4n) is 1.79. The maximum Gasteiger partial charge on any atom is 0.339 e. The Bertz CT molecular complexity index is 514. The van der Waals surface area contributed by atoms with E-state index in [1.165, 1.54) is 0 Å². The highest BCUT2D eigenvalue weighted by Gasteiger charge is 2.31. The molecule has 0 heterocycles. The summed E-state index contributed by atoms with van der Waals surface area (Å²) in [5, 5.41) is 28.3. The summed E-state index contributed by atoms with van der Waals surface area (Å²) in [4.78, 5) is 11.0. The standard InChI is InChI=1S/C12H10O4/c1-6-7-4-2-3-5-8(7)9(12(15)16)11(14)10(6)13/h2-5,10,13-14H,1H2,(H,15,16). The van der Waals surface area contributed by atoms with Gasteiger partial charge in [-0.1, -0.05) is 30.8 Å². The second kappa shape index (κ2) is 3.50. The van der Waals surface area contributed by atoms with E-state index in [0.29, 0.717) is 16.7 Å². The lowest BCUT2D eigenvalue weighted by Crippen LogP contribution is -2.22. The van der Waals surface area contributed by atoms with Crippen molar-refractivity contribution in [2.75, 3.05) is 0 Å². The summed E-state index contributed by atoms with van der Waals surface area (Å²) >= 11 is 0. The van der Waals surface area contributed by atoms with E-state index in [-0.39, 0.29) is 5.57 Å². The molecule has 1 aliphatic carbocycles.